The molecule has 3 N–H and O–H groups in total. The van der Waals surface area contributed by atoms with E-state index in [9.17, 15) is 0 Å². The minimum atomic E-state index is -0.403. The van der Waals surface area contributed by atoms with E-state index in [1.165, 1.54) is 18.0 Å². The van der Waals surface area contributed by atoms with Crippen molar-refractivity contribution >= 4 is 34.8 Å². The van der Waals surface area contributed by atoms with Crippen LogP contribution in [0.2, 0.25) is 10.0 Å². The van der Waals surface area contributed by atoms with Crippen molar-refractivity contribution < 1.29 is 5.73 Å². The summed E-state index contributed by atoms with van der Waals surface area (Å²) in [5, 5.41) is 24.5. The van der Waals surface area contributed by atoms with E-state index in [1.807, 2.05) is 6.07 Å². The van der Waals surface area contributed by atoms with Crippen molar-refractivity contribution in [3.8, 4) is 12.1 Å². The summed E-state index contributed by atoms with van der Waals surface area (Å²) in [4.78, 5) is 0. The Bertz CT molecular complexity index is 489. The average molecular weight is 253 g/mol. The lowest BCUT2D eigenvalue weighted by atomic mass is 10.3. The lowest BCUT2D eigenvalue weighted by Crippen LogP contribution is -2.39. The molecule has 1 aromatic rings. The highest BCUT2D eigenvalue weighted by molar-refractivity contribution is 6.42. The third-order valence-electron chi connectivity index (χ3n) is 1.32. The summed E-state index contributed by atoms with van der Waals surface area (Å²) in [6, 6.07) is 8.06. The van der Waals surface area contributed by atoms with E-state index < -0.39 is 5.57 Å². The van der Waals surface area contributed by atoms with Crippen molar-refractivity contribution in [2.45, 2.75) is 0 Å². The molecule has 0 amide bonds. The van der Waals surface area contributed by atoms with Crippen LogP contribution in [0.15, 0.2) is 23.8 Å². The fraction of sp³-hybridized carbons (Fsp3) is 0. The van der Waals surface area contributed by atoms with E-state index >= 15 is 0 Å². The van der Waals surface area contributed by atoms with Crippen LogP contribution in [0.3, 0.4) is 0 Å². The molecule has 16 heavy (non-hydrogen) atoms. The number of halogens is 2. The number of quaternary nitrogens is 1. The molecular formula is C10H6Cl2N4. The Morgan fingerprint density at radius 3 is 2.00 bits per heavy atom. The Labute approximate surface area is 103 Å². The fourth-order valence-corrected chi connectivity index (χ4v) is 0.935. The monoisotopic (exact) mass is 252 g/mol. The second kappa shape index (κ2) is 7.48. The largest absolute Gasteiger partial charge is 0.762 e. The van der Waals surface area contributed by atoms with Gasteiger partial charge < -0.3 is 11.1 Å². The summed E-state index contributed by atoms with van der Waals surface area (Å²) in [6.07, 6.45) is 0. The first-order chi connectivity index (χ1) is 7.54. The molecule has 80 valence electrons. The number of hydrogen-bond acceptors (Lipinski definition) is 2. The second-order valence-electron chi connectivity index (χ2n) is 2.46. The maximum atomic E-state index is 7.79. The number of hydrogen-bond donors (Lipinski definition) is 1. The predicted octanol–water partition coefficient (Wildman–Crippen LogP) is 2.07. The molecule has 1 rings (SSSR count). The van der Waals surface area contributed by atoms with Crippen LogP contribution in [0.4, 0.5) is 5.69 Å². The standard InChI is InChI=1S/C6H5Cl2N.C4N3/c7-5-2-1-4(9)3-6(5)8;5-1-4(2-6)3-7/h1-3H,9H2;/q;-1/p+1. The zero-order valence-electron chi connectivity index (χ0n) is 8.04. The van der Waals surface area contributed by atoms with Crippen LogP contribution in [-0.2, 0) is 0 Å². The van der Waals surface area contributed by atoms with Gasteiger partial charge in [-0.25, -0.2) is 5.87 Å². The van der Waals surface area contributed by atoms with Crippen molar-refractivity contribution in [1.29, 1.82) is 10.5 Å². The van der Waals surface area contributed by atoms with Gasteiger partial charge in [-0.3, -0.25) is 0 Å². The molecule has 0 aliphatic heterocycles. The highest BCUT2D eigenvalue weighted by Gasteiger charge is 1.96. The van der Waals surface area contributed by atoms with Crippen molar-refractivity contribution in [1.82, 2.24) is 0 Å². The van der Waals surface area contributed by atoms with Gasteiger partial charge in [0.15, 0.2) is 0 Å². The molecule has 0 saturated carbocycles. The fourth-order valence-electron chi connectivity index (χ4n) is 0.615. The molecule has 0 aliphatic rings. The van der Waals surface area contributed by atoms with Gasteiger partial charge in [0.25, 0.3) is 0 Å². The SMILES string of the molecule is N#CC(=C=[N-])C#N.[NH3+]c1ccc(Cl)c(Cl)c1. The van der Waals surface area contributed by atoms with Crippen LogP contribution in [0, 0.1) is 22.7 Å². The van der Waals surface area contributed by atoms with Gasteiger partial charge in [-0.1, -0.05) is 23.2 Å². The van der Waals surface area contributed by atoms with Gasteiger partial charge in [0.05, 0.1) is 10.0 Å². The summed E-state index contributed by atoms with van der Waals surface area (Å²) in [6.45, 7) is 0. The molecule has 0 bridgehead atoms. The van der Waals surface area contributed by atoms with Gasteiger partial charge in [-0.2, -0.15) is 10.5 Å². The van der Waals surface area contributed by atoms with Gasteiger partial charge in [0.2, 0.25) is 0 Å². The van der Waals surface area contributed by atoms with E-state index in [0.717, 1.165) is 5.69 Å². The van der Waals surface area contributed by atoms with E-state index in [1.54, 1.807) is 12.1 Å². The molecule has 0 heterocycles. The van der Waals surface area contributed by atoms with Crippen LogP contribution in [0.25, 0.3) is 5.41 Å². The number of nitriles is 2. The highest BCUT2D eigenvalue weighted by atomic mass is 35.5. The quantitative estimate of drug-likeness (QED) is 0.565. The Hall–Kier alpha value is -1.81. The average Bonchev–Trinajstić information content (AvgIpc) is 2.27. The van der Waals surface area contributed by atoms with Crippen molar-refractivity contribution in [3.63, 3.8) is 0 Å². The second-order valence-corrected chi connectivity index (χ2v) is 3.27. The molecule has 0 fully saturated rings. The van der Waals surface area contributed by atoms with Gasteiger partial charge in [-0.05, 0) is 6.07 Å². The van der Waals surface area contributed by atoms with Crippen LogP contribution in [-0.4, -0.2) is 5.87 Å². The smallest absolute Gasteiger partial charge is 0.148 e. The Morgan fingerprint density at radius 2 is 1.75 bits per heavy atom. The summed E-state index contributed by atoms with van der Waals surface area (Å²) in [5.74, 6) is 1.40. The number of allylic oxidation sites excluding steroid dienone is 1. The Balaban J connectivity index is 0.000000293. The summed E-state index contributed by atoms with van der Waals surface area (Å²) in [7, 11) is 0. The third kappa shape index (κ3) is 5.17. The molecule has 0 radical (unpaired) electrons. The lowest BCUT2D eigenvalue weighted by Gasteiger charge is -1.91. The Kier molecular flexibility index (Phi) is 6.63. The van der Waals surface area contributed by atoms with Crippen LogP contribution in [0.5, 0.6) is 0 Å². The maximum Gasteiger partial charge on any atom is 0.148 e. The van der Waals surface area contributed by atoms with Crippen molar-refractivity contribution in [2.24, 2.45) is 0 Å². The number of benzene rings is 1. The predicted molar refractivity (Wildman–Crippen MR) is 62.1 cm³/mol. The van der Waals surface area contributed by atoms with Gasteiger partial charge in [0, 0.05) is 12.1 Å². The molecule has 0 saturated heterocycles. The van der Waals surface area contributed by atoms with E-state index in [2.05, 4.69) is 5.73 Å². The first kappa shape index (κ1) is 14.2. The maximum absolute atomic E-state index is 7.79. The minimum absolute atomic E-state index is 0.403. The highest BCUT2D eigenvalue weighted by Crippen LogP contribution is 2.22. The van der Waals surface area contributed by atoms with E-state index in [-0.39, 0.29) is 0 Å². The summed E-state index contributed by atoms with van der Waals surface area (Å²) >= 11 is 11.3. The van der Waals surface area contributed by atoms with Crippen molar-refractivity contribution in [3.05, 3.63) is 39.2 Å². The van der Waals surface area contributed by atoms with E-state index in [4.69, 9.17) is 39.1 Å². The first-order valence-electron chi connectivity index (χ1n) is 3.89. The first-order valence-corrected chi connectivity index (χ1v) is 4.65. The zero-order chi connectivity index (χ0) is 12.6. The molecule has 6 heteroatoms. The minimum Gasteiger partial charge on any atom is -0.762 e. The topological polar surface area (TPSA) is 97.5 Å². The molecule has 0 unspecified atom stereocenters. The van der Waals surface area contributed by atoms with Gasteiger partial charge in [-0.15, -0.1) is 0 Å². The van der Waals surface area contributed by atoms with Gasteiger partial charge in [0.1, 0.15) is 23.4 Å². The van der Waals surface area contributed by atoms with E-state index in [0.29, 0.717) is 10.0 Å². The Morgan fingerprint density at radius 1 is 1.19 bits per heavy atom. The molecule has 0 spiro atoms. The lowest BCUT2D eigenvalue weighted by molar-refractivity contribution is -0.254. The van der Waals surface area contributed by atoms with Crippen LogP contribution < -0.4 is 5.73 Å². The van der Waals surface area contributed by atoms with Crippen LogP contribution in [0.1, 0.15) is 0 Å². The van der Waals surface area contributed by atoms with Crippen molar-refractivity contribution in [2.75, 3.05) is 0 Å². The number of nitrogens with zero attached hydrogens (tertiary/aromatic N) is 3. The third-order valence-corrected chi connectivity index (χ3v) is 2.06. The molecule has 0 aliphatic carbocycles. The van der Waals surface area contributed by atoms with Crippen LogP contribution >= 0.6 is 23.2 Å². The molecule has 0 aromatic heterocycles. The molecule has 4 nitrogen and oxygen atoms in total. The summed E-state index contributed by atoms with van der Waals surface area (Å²) < 4.78 is 0. The number of rotatable bonds is 0. The molecular weight excluding hydrogens is 247 g/mol. The molecule has 1 aromatic carbocycles. The van der Waals surface area contributed by atoms with Gasteiger partial charge >= 0.3 is 0 Å². The summed E-state index contributed by atoms with van der Waals surface area (Å²) in [5.41, 5.74) is 4.16. The molecule has 0 atom stereocenters. The normalized spacial score (nSPS) is 7.56. The zero-order valence-corrected chi connectivity index (χ0v) is 9.55.